The summed E-state index contributed by atoms with van der Waals surface area (Å²) in [5.74, 6) is -2.48. The number of pyridine rings is 1. The molecule has 1 aromatic heterocycles. The van der Waals surface area contributed by atoms with Crippen molar-refractivity contribution in [1.82, 2.24) is 10.3 Å². The minimum absolute atomic E-state index is 0.105. The van der Waals surface area contributed by atoms with E-state index in [0.29, 0.717) is 16.1 Å². The monoisotopic (exact) mass is 629 g/mol. The molecule has 1 amide bonds. The van der Waals surface area contributed by atoms with Gasteiger partial charge in [0.15, 0.2) is 0 Å². The second kappa shape index (κ2) is 13.0. The van der Waals surface area contributed by atoms with Gasteiger partial charge in [-0.1, -0.05) is 55.1 Å². The number of hydrogen-bond donors (Lipinski definition) is 2. The lowest BCUT2D eigenvalue weighted by molar-refractivity contribution is -0.141. The number of nitrogens with one attached hydrogen (secondary N) is 2. The predicted molar refractivity (Wildman–Crippen MR) is 152 cm³/mol. The molecule has 0 saturated heterocycles. The second-order valence-electron chi connectivity index (χ2n) is 9.86. The number of carbonyl (C=O) groups excluding carboxylic acids is 1. The van der Waals surface area contributed by atoms with Gasteiger partial charge in [0.05, 0.1) is 17.9 Å². The highest BCUT2D eigenvalue weighted by molar-refractivity contribution is 7.99. The van der Waals surface area contributed by atoms with E-state index in [1.54, 1.807) is 24.3 Å². The molecule has 2 N–H and O–H groups in total. The van der Waals surface area contributed by atoms with Gasteiger partial charge in [-0.25, -0.2) is 17.8 Å². The molecule has 1 fully saturated rings. The number of rotatable bonds is 9. The van der Waals surface area contributed by atoms with Crippen molar-refractivity contribution in [1.29, 1.82) is 0 Å². The van der Waals surface area contributed by atoms with E-state index in [1.165, 1.54) is 30.0 Å². The Balaban J connectivity index is 1.63. The van der Waals surface area contributed by atoms with Gasteiger partial charge in [-0.2, -0.15) is 13.2 Å². The lowest BCUT2D eigenvalue weighted by Gasteiger charge is -2.23. The van der Waals surface area contributed by atoms with Crippen molar-refractivity contribution in [3.63, 3.8) is 0 Å². The van der Waals surface area contributed by atoms with Crippen LogP contribution in [-0.4, -0.2) is 30.8 Å². The van der Waals surface area contributed by atoms with Crippen LogP contribution >= 0.6 is 23.4 Å². The lowest BCUT2D eigenvalue weighted by atomic mass is 9.90. The Kier molecular flexibility index (Phi) is 9.86. The van der Waals surface area contributed by atoms with Crippen LogP contribution in [0.25, 0.3) is 0 Å². The van der Waals surface area contributed by atoms with E-state index < -0.39 is 39.5 Å². The fourth-order valence-electron chi connectivity index (χ4n) is 4.66. The molecule has 1 saturated carbocycles. The SMILES string of the molecule is CS(=O)(=O)Nc1ccc(C(C(=O)NCc2ccc(C(F)(F)F)nc2SC2CCCCC2)c2cccc(Cl)c2)cc1F. The Morgan fingerprint density at radius 2 is 1.78 bits per heavy atom. The van der Waals surface area contributed by atoms with E-state index in [4.69, 9.17) is 11.6 Å². The summed E-state index contributed by atoms with van der Waals surface area (Å²) in [5.41, 5.74) is -0.169. The standard InChI is InChI=1S/C28H28ClF4N3O3S2/c1-41(38,39)36-23-12-10-18(15-22(23)30)25(17-6-5-7-20(29)14-17)26(37)34-16-19-11-13-24(28(31,32)33)35-27(19)40-21-8-3-2-4-9-21/h5-7,10-15,21,25,36H,2-4,8-9,16H2,1H3,(H,34,37). The summed E-state index contributed by atoms with van der Waals surface area (Å²) in [4.78, 5) is 17.5. The van der Waals surface area contributed by atoms with Crippen LogP contribution in [0.2, 0.25) is 5.02 Å². The van der Waals surface area contributed by atoms with E-state index in [9.17, 15) is 30.8 Å². The zero-order valence-corrected chi connectivity index (χ0v) is 24.4. The number of thioether (sulfide) groups is 1. The third kappa shape index (κ3) is 8.59. The second-order valence-corrected chi connectivity index (χ2v) is 13.3. The Hall–Kier alpha value is -2.83. The number of anilines is 1. The third-order valence-corrected chi connectivity index (χ3v) is 8.79. The zero-order valence-electron chi connectivity index (χ0n) is 22.0. The van der Waals surface area contributed by atoms with Gasteiger partial charge in [0.1, 0.15) is 16.5 Å². The number of nitrogens with zero attached hydrogens (tertiary/aromatic N) is 1. The van der Waals surface area contributed by atoms with Crippen LogP contribution in [0, 0.1) is 5.82 Å². The normalized spacial score (nSPS) is 15.4. The first-order valence-corrected chi connectivity index (χ1v) is 16.0. The van der Waals surface area contributed by atoms with Gasteiger partial charge < -0.3 is 5.32 Å². The number of benzene rings is 2. The molecule has 0 spiro atoms. The van der Waals surface area contributed by atoms with Crippen molar-refractivity contribution in [2.75, 3.05) is 11.0 Å². The van der Waals surface area contributed by atoms with Crippen molar-refractivity contribution in [2.45, 2.75) is 61.0 Å². The maximum absolute atomic E-state index is 14.9. The molecule has 1 heterocycles. The number of hydrogen-bond acceptors (Lipinski definition) is 5. The van der Waals surface area contributed by atoms with Crippen molar-refractivity contribution >= 4 is 45.0 Å². The number of carbonyl (C=O) groups is 1. The summed E-state index contributed by atoms with van der Waals surface area (Å²) in [7, 11) is -3.74. The molecule has 6 nitrogen and oxygen atoms in total. The van der Waals surface area contributed by atoms with Crippen molar-refractivity contribution < 1.29 is 30.8 Å². The van der Waals surface area contributed by atoms with Crippen LogP contribution in [0.4, 0.5) is 23.2 Å². The highest BCUT2D eigenvalue weighted by Gasteiger charge is 2.34. The van der Waals surface area contributed by atoms with Crippen LogP contribution in [0.1, 0.15) is 60.4 Å². The molecule has 13 heteroatoms. The molecule has 2 aromatic carbocycles. The van der Waals surface area contributed by atoms with Crippen LogP contribution in [0.5, 0.6) is 0 Å². The van der Waals surface area contributed by atoms with Crippen LogP contribution in [-0.2, 0) is 27.5 Å². The summed E-state index contributed by atoms with van der Waals surface area (Å²) in [6.07, 6.45) is 1.12. The molecular formula is C28H28ClF4N3O3S2. The van der Waals surface area contributed by atoms with Gasteiger partial charge >= 0.3 is 6.18 Å². The summed E-state index contributed by atoms with van der Waals surface area (Å²) < 4.78 is 80.4. The van der Waals surface area contributed by atoms with Gasteiger partial charge in [-0.05, 0) is 54.3 Å². The van der Waals surface area contributed by atoms with Crippen molar-refractivity contribution in [3.8, 4) is 0 Å². The minimum atomic E-state index is -4.61. The van der Waals surface area contributed by atoms with Crippen molar-refractivity contribution in [3.05, 3.63) is 87.8 Å². The Morgan fingerprint density at radius 3 is 2.41 bits per heavy atom. The van der Waals surface area contributed by atoms with E-state index in [-0.39, 0.29) is 28.1 Å². The van der Waals surface area contributed by atoms with Gasteiger partial charge in [0, 0.05) is 22.4 Å². The molecule has 1 atom stereocenters. The highest BCUT2D eigenvalue weighted by atomic mass is 35.5. The summed E-state index contributed by atoms with van der Waals surface area (Å²) in [6, 6.07) is 12.3. The van der Waals surface area contributed by atoms with Gasteiger partial charge in [0.2, 0.25) is 15.9 Å². The number of sulfonamides is 1. The van der Waals surface area contributed by atoms with Gasteiger partial charge in [-0.3, -0.25) is 9.52 Å². The first-order valence-electron chi connectivity index (χ1n) is 12.8. The zero-order chi connectivity index (χ0) is 29.8. The maximum atomic E-state index is 14.9. The average Bonchev–Trinajstić information content (AvgIpc) is 2.89. The molecule has 41 heavy (non-hydrogen) atoms. The molecule has 0 radical (unpaired) electrons. The topological polar surface area (TPSA) is 88.2 Å². The molecule has 1 unspecified atom stereocenters. The smallest absolute Gasteiger partial charge is 0.351 e. The fourth-order valence-corrected chi connectivity index (χ4v) is 6.75. The summed E-state index contributed by atoms with van der Waals surface area (Å²) >= 11 is 7.46. The molecule has 220 valence electrons. The fraction of sp³-hybridized carbons (Fsp3) is 0.357. The molecule has 4 rings (SSSR count). The first kappa shape index (κ1) is 31.1. The largest absolute Gasteiger partial charge is 0.433 e. The molecule has 0 bridgehead atoms. The lowest BCUT2D eigenvalue weighted by Crippen LogP contribution is -2.30. The Bertz CT molecular complexity index is 1510. The molecular weight excluding hydrogens is 602 g/mol. The maximum Gasteiger partial charge on any atom is 0.433 e. The van der Waals surface area contributed by atoms with Gasteiger partial charge in [0.25, 0.3) is 0 Å². The van der Waals surface area contributed by atoms with E-state index in [0.717, 1.165) is 50.5 Å². The summed E-state index contributed by atoms with van der Waals surface area (Å²) in [6.45, 7) is -0.105. The molecule has 1 aliphatic carbocycles. The Morgan fingerprint density at radius 1 is 1.07 bits per heavy atom. The molecule has 3 aromatic rings. The molecule has 0 aliphatic heterocycles. The number of amides is 1. The van der Waals surface area contributed by atoms with Crippen LogP contribution < -0.4 is 10.0 Å². The van der Waals surface area contributed by atoms with E-state index >= 15 is 0 Å². The quantitative estimate of drug-likeness (QED) is 0.246. The highest BCUT2D eigenvalue weighted by Crippen LogP contribution is 2.37. The van der Waals surface area contributed by atoms with E-state index in [1.807, 2.05) is 0 Å². The predicted octanol–water partition coefficient (Wildman–Crippen LogP) is 7.14. The minimum Gasteiger partial charge on any atom is -0.351 e. The number of aromatic nitrogens is 1. The Labute approximate surface area is 245 Å². The van der Waals surface area contributed by atoms with E-state index in [2.05, 4.69) is 15.0 Å². The van der Waals surface area contributed by atoms with Gasteiger partial charge in [-0.15, -0.1) is 11.8 Å². The average molecular weight is 630 g/mol. The molecule has 1 aliphatic rings. The number of alkyl halides is 3. The first-order chi connectivity index (χ1) is 19.3. The summed E-state index contributed by atoms with van der Waals surface area (Å²) in [5, 5.41) is 3.47. The van der Waals surface area contributed by atoms with Crippen LogP contribution in [0.3, 0.4) is 0 Å². The number of halogens is 5. The third-order valence-electron chi connectivity index (χ3n) is 6.58. The van der Waals surface area contributed by atoms with Crippen LogP contribution in [0.15, 0.2) is 59.6 Å². The van der Waals surface area contributed by atoms with Crippen molar-refractivity contribution in [2.24, 2.45) is 0 Å².